The lowest BCUT2D eigenvalue weighted by molar-refractivity contribution is -0.138. The molecule has 2 fully saturated rings. The van der Waals surface area contributed by atoms with Gasteiger partial charge in [-0.25, -0.2) is 0 Å². The van der Waals surface area contributed by atoms with Crippen molar-refractivity contribution in [2.75, 3.05) is 19.6 Å². The Bertz CT molecular complexity index is 291. The zero-order valence-corrected chi connectivity index (χ0v) is 11.2. The Hall–Kier alpha value is -0.650. The number of hydrogen-bond donors (Lipinski definition) is 2. The van der Waals surface area contributed by atoms with E-state index >= 15 is 0 Å². The van der Waals surface area contributed by atoms with Crippen LogP contribution in [0.15, 0.2) is 0 Å². The van der Waals surface area contributed by atoms with Gasteiger partial charge in [0.15, 0.2) is 0 Å². The summed E-state index contributed by atoms with van der Waals surface area (Å²) in [5.41, 5.74) is 0. The van der Waals surface area contributed by atoms with Crippen LogP contribution in [0.4, 0.5) is 0 Å². The fraction of sp³-hybridized carbons (Fsp3) is 0.923. The molecule has 1 amide bonds. The van der Waals surface area contributed by atoms with Gasteiger partial charge in [0.1, 0.15) is 0 Å². The molecule has 2 heterocycles. The van der Waals surface area contributed by atoms with Crippen LogP contribution in [0, 0.1) is 0 Å². The number of carbonyl (C=O) groups is 1. The molecule has 5 nitrogen and oxygen atoms in total. The van der Waals surface area contributed by atoms with Crippen molar-refractivity contribution in [2.45, 2.75) is 57.4 Å². The number of rotatable bonds is 2. The molecular formula is C13H24N2O3. The molecule has 18 heavy (non-hydrogen) atoms. The van der Waals surface area contributed by atoms with Gasteiger partial charge in [-0.2, -0.15) is 0 Å². The highest BCUT2D eigenvalue weighted by Gasteiger charge is 2.34. The highest BCUT2D eigenvalue weighted by Crippen LogP contribution is 2.23. The van der Waals surface area contributed by atoms with E-state index in [-0.39, 0.29) is 5.91 Å². The third kappa shape index (κ3) is 2.84. The minimum Gasteiger partial charge on any atom is -0.389 e. The Balaban J connectivity index is 1.91. The predicted octanol–water partition coefficient (Wildman–Crippen LogP) is -0.187. The van der Waals surface area contributed by atoms with E-state index < -0.39 is 12.2 Å². The molecule has 0 bridgehead atoms. The first-order valence-corrected chi connectivity index (χ1v) is 6.88. The number of carbonyl (C=O) groups excluding carboxylic acids is 1. The summed E-state index contributed by atoms with van der Waals surface area (Å²) in [6.07, 6.45) is 1.90. The van der Waals surface area contributed by atoms with Crippen molar-refractivity contribution in [3.05, 3.63) is 0 Å². The van der Waals surface area contributed by atoms with Crippen molar-refractivity contribution < 1.29 is 15.0 Å². The monoisotopic (exact) mass is 256 g/mol. The normalized spacial score (nSPS) is 38.1. The Kier molecular flexibility index (Phi) is 4.25. The maximum absolute atomic E-state index is 12.3. The van der Waals surface area contributed by atoms with Gasteiger partial charge in [-0.05, 0) is 33.1 Å². The Morgan fingerprint density at radius 3 is 2.11 bits per heavy atom. The number of nitrogens with zero attached hydrogens (tertiary/aromatic N) is 2. The lowest BCUT2D eigenvalue weighted by Gasteiger charge is -2.39. The first-order chi connectivity index (χ1) is 8.49. The van der Waals surface area contributed by atoms with Crippen LogP contribution in [0.2, 0.25) is 0 Å². The third-order valence-corrected chi connectivity index (χ3v) is 4.18. The number of aliphatic hydroxyl groups excluding tert-OH is 2. The molecule has 4 unspecified atom stereocenters. The van der Waals surface area contributed by atoms with Crippen LogP contribution in [-0.2, 0) is 4.79 Å². The number of aliphatic hydroxyl groups is 2. The van der Waals surface area contributed by atoms with Crippen molar-refractivity contribution >= 4 is 5.91 Å². The fourth-order valence-corrected chi connectivity index (χ4v) is 3.16. The minimum absolute atomic E-state index is 0.121. The topological polar surface area (TPSA) is 64.0 Å². The van der Waals surface area contributed by atoms with Gasteiger partial charge in [-0.1, -0.05) is 0 Å². The fourth-order valence-electron chi connectivity index (χ4n) is 3.16. The average Bonchev–Trinajstić information content (AvgIpc) is 2.57. The average molecular weight is 256 g/mol. The highest BCUT2D eigenvalue weighted by molar-refractivity contribution is 5.79. The van der Waals surface area contributed by atoms with Crippen molar-refractivity contribution in [2.24, 2.45) is 0 Å². The van der Waals surface area contributed by atoms with Crippen LogP contribution in [0.3, 0.4) is 0 Å². The number of β-amino-alcohol motifs (C(OH)–C–C–N with tert-alkyl or cyclic N) is 2. The smallest absolute Gasteiger partial charge is 0.237 e. The molecule has 0 aromatic heterocycles. The SMILES string of the molecule is CC1CCCC(C)N1C(=O)CN1CC(O)C(O)C1. The molecule has 104 valence electrons. The second kappa shape index (κ2) is 5.55. The molecule has 2 aliphatic heterocycles. The van der Waals surface area contributed by atoms with E-state index in [1.54, 1.807) is 0 Å². The molecule has 0 aromatic carbocycles. The van der Waals surface area contributed by atoms with Gasteiger partial charge >= 0.3 is 0 Å². The van der Waals surface area contributed by atoms with Crippen molar-refractivity contribution in [3.8, 4) is 0 Å². The van der Waals surface area contributed by atoms with Gasteiger partial charge < -0.3 is 15.1 Å². The lowest BCUT2D eigenvalue weighted by Crippen LogP contribution is -2.51. The van der Waals surface area contributed by atoms with E-state index in [4.69, 9.17) is 0 Å². The summed E-state index contributed by atoms with van der Waals surface area (Å²) in [4.78, 5) is 16.1. The Labute approximate surface area is 108 Å². The van der Waals surface area contributed by atoms with Crippen LogP contribution in [-0.4, -0.2) is 69.8 Å². The molecule has 2 saturated heterocycles. The molecule has 0 radical (unpaired) electrons. The summed E-state index contributed by atoms with van der Waals surface area (Å²) >= 11 is 0. The lowest BCUT2D eigenvalue weighted by atomic mass is 9.97. The first-order valence-electron chi connectivity index (χ1n) is 6.88. The second-order valence-electron chi connectivity index (χ2n) is 5.76. The molecule has 5 heteroatoms. The number of likely N-dealkylation sites (tertiary alicyclic amines) is 2. The molecule has 2 rings (SSSR count). The van der Waals surface area contributed by atoms with Gasteiger partial charge in [-0.15, -0.1) is 0 Å². The van der Waals surface area contributed by atoms with E-state index in [1.165, 1.54) is 6.42 Å². The molecule has 0 aliphatic carbocycles. The molecule has 4 atom stereocenters. The number of piperidine rings is 1. The molecule has 0 saturated carbocycles. The summed E-state index contributed by atoms with van der Waals surface area (Å²) < 4.78 is 0. The standard InChI is InChI=1S/C13H24N2O3/c1-9-4-3-5-10(2)15(9)13(18)8-14-6-11(16)12(17)7-14/h9-12,16-17H,3-8H2,1-2H3. The van der Waals surface area contributed by atoms with Crippen molar-refractivity contribution in [1.82, 2.24) is 9.80 Å². The van der Waals surface area contributed by atoms with E-state index in [0.29, 0.717) is 31.7 Å². The molecular weight excluding hydrogens is 232 g/mol. The van der Waals surface area contributed by atoms with E-state index in [2.05, 4.69) is 13.8 Å². The zero-order chi connectivity index (χ0) is 13.3. The summed E-state index contributed by atoms with van der Waals surface area (Å²) in [7, 11) is 0. The summed E-state index contributed by atoms with van der Waals surface area (Å²) in [5.74, 6) is 0.121. The maximum atomic E-state index is 12.3. The minimum atomic E-state index is -0.714. The van der Waals surface area contributed by atoms with Gasteiger partial charge in [0, 0.05) is 25.2 Å². The molecule has 0 spiro atoms. The van der Waals surface area contributed by atoms with Gasteiger partial charge in [0.25, 0.3) is 0 Å². The largest absolute Gasteiger partial charge is 0.389 e. The van der Waals surface area contributed by atoms with Gasteiger partial charge in [0.05, 0.1) is 18.8 Å². The van der Waals surface area contributed by atoms with Crippen molar-refractivity contribution in [3.63, 3.8) is 0 Å². The van der Waals surface area contributed by atoms with Crippen LogP contribution in [0.25, 0.3) is 0 Å². The van der Waals surface area contributed by atoms with Crippen LogP contribution in [0.5, 0.6) is 0 Å². The van der Waals surface area contributed by atoms with Crippen LogP contribution >= 0.6 is 0 Å². The maximum Gasteiger partial charge on any atom is 0.237 e. The highest BCUT2D eigenvalue weighted by atomic mass is 16.3. The summed E-state index contributed by atoms with van der Waals surface area (Å²) in [6.45, 7) is 5.29. The second-order valence-corrected chi connectivity index (χ2v) is 5.76. The summed E-state index contributed by atoms with van der Waals surface area (Å²) in [5, 5.41) is 19.0. The van der Waals surface area contributed by atoms with Crippen molar-refractivity contribution in [1.29, 1.82) is 0 Å². The molecule has 2 aliphatic rings. The first kappa shape index (κ1) is 13.8. The van der Waals surface area contributed by atoms with Gasteiger partial charge in [-0.3, -0.25) is 9.69 Å². The van der Waals surface area contributed by atoms with E-state index in [1.807, 2.05) is 9.80 Å². The Morgan fingerprint density at radius 2 is 1.61 bits per heavy atom. The summed E-state index contributed by atoms with van der Waals surface area (Å²) in [6, 6.07) is 0.609. The zero-order valence-electron chi connectivity index (χ0n) is 11.2. The van der Waals surface area contributed by atoms with Crippen LogP contribution < -0.4 is 0 Å². The molecule has 2 N–H and O–H groups in total. The van der Waals surface area contributed by atoms with E-state index in [9.17, 15) is 15.0 Å². The number of amides is 1. The van der Waals surface area contributed by atoms with Crippen LogP contribution in [0.1, 0.15) is 33.1 Å². The quantitative estimate of drug-likeness (QED) is 0.719. The molecule has 0 aromatic rings. The Morgan fingerprint density at radius 1 is 1.11 bits per heavy atom. The number of hydrogen-bond acceptors (Lipinski definition) is 4. The van der Waals surface area contributed by atoms with Gasteiger partial charge in [0.2, 0.25) is 5.91 Å². The third-order valence-electron chi connectivity index (χ3n) is 4.18. The van der Waals surface area contributed by atoms with E-state index in [0.717, 1.165) is 12.8 Å². The predicted molar refractivity (Wildman–Crippen MR) is 68.1 cm³/mol.